The fourth-order valence-electron chi connectivity index (χ4n) is 1.57. The Bertz CT molecular complexity index is 524. The van der Waals surface area contributed by atoms with Gasteiger partial charge in [0.05, 0.1) is 24.4 Å². The topological polar surface area (TPSA) is 66.5 Å². The van der Waals surface area contributed by atoms with Crippen LogP contribution in [-0.4, -0.2) is 21.5 Å². The summed E-state index contributed by atoms with van der Waals surface area (Å²) in [6, 6.07) is 7.86. The maximum atomic E-state index is 8.82. The van der Waals surface area contributed by atoms with E-state index in [0.717, 1.165) is 24.3 Å². The Kier molecular flexibility index (Phi) is 3.36. The summed E-state index contributed by atoms with van der Waals surface area (Å²) in [7, 11) is 0. The lowest BCUT2D eigenvalue weighted by atomic mass is 10.1. The molecule has 0 fully saturated rings. The molecule has 0 aliphatic rings. The number of nitrogens with zero attached hydrogens (tertiary/aromatic N) is 4. The number of anilines is 1. The van der Waals surface area contributed by atoms with Gasteiger partial charge in [-0.25, -0.2) is 0 Å². The molecule has 2 rings (SSSR count). The summed E-state index contributed by atoms with van der Waals surface area (Å²) in [5.41, 5.74) is 2.71. The molecule has 0 bridgehead atoms. The highest BCUT2D eigenvalue weighted by Crippen LogP contribution is 2.13. The van der Waals surface area contributed by atoms with Crippen LogP contribution in [0.4, 0.5) is 5.69 Å². The predicted octanol–water partition coefficient (Wildman–Crippen LogP) is 1.57. The van der Waals surface area contributed by atoms with Gasteiger partial charge in [0.25, 0.3) is 0 Å². The van der Waals surface area contributed by atoms with Crippen LogP contribution in [0.2, 0.25) is 0 Å². The zero-order valence-corrected chi connectivity index (χ0v) is 9.59. The second kappa shape index (κ2) is 5.12. The fourth-order valence-corrected chi connectivity index (χ4v) is 1.57. The molecule has 1 heterocycles. The SMILES string of the molecule is Cc1cc(NCCn2ccnn2)ccc1C#N. The first-order valence-corrected chi connectivity index (χ1v) is 5.38. The van der Waals surface area contributed by atoms with Crippen LogP contribution in [0.3, 0.4) is 0 Å². The van der Waals surface area contributed by atoms with Gasteiger partial charge in [0.1, 0.15) is 0 Å². The summed E-state index contributed by atoms with van der Waals surface area (Å²) >= 11 is 0. The average Bonchev–Trinajstić information content (AvgIpc) is 2.82. The number of hydrogen-bond donors (Lipinski definition) is 1. The van der Waals surface area contributed by atoms with Gasteiger partial charge < -0.3 is 5.32 Å². The van der Waals surface area contributed by atoms with Gasteiger partial charge in [-0.05, 0) is 30.7 Å². The molecular weight excluding hydrogens is 214 g/mol. The van der Waals surface area contributed by atoms with Gasteiger partial charge in [-0.2, -0.15) is 5.26 Å². The number of aryl methyl sites for hydroxylation is 1. The molecule has 0 saturated heterocycles. The normalized spacial score (nSPS) is 9.88. The first-order valence-electron chi connectivity index (χ1n) is 5.38. The lowest BCUT2D eigenvalue weighted by Crippen LogP contribution is -2.11. The van der Waals surface area contributed by atoms with E-state index in [-0.39, 0.29) is 0 Å². The third-order valence-corrected chi connectivity index (χ3v) is 2.49. The molecule has 0 unspecified atom stereocenters. The molecule has 0 amide bonds. The Balaban J connectivity index is 1.91. The highest BCUT2D eigenvalue weighted by molar-refractivity contribution is 5.51. The minimum atomic E-state index is 0.715. The maximum Gasteiger partial charge on any atom is 0.0994 e. The van der Waals surface area contributed by atoms with E-state index in [0.29, 0.717) is 5.56 Å². The molecule has 0 atom stereocenters. The van der Waals surface area contributed by atoms with Crippen LogP contribution >= 0.6 is 0 Å². The summed E-state index contributed by atoms with van der Waals surface area (Å²) < 4.78 is 1.77. The van der Waals surface area contributed by atoms with Crippen LogP contribution in [0.1, 0.15) is 11.1 Å². The molecule has 17 heavy (non-hydrogen) atoms. The van der Waals surface area contributed by atoms with Crippen molar-refractivity contribution < 1.29 is 0 Å². The molecule has 1 aromatic heterocycles. The number of rotatable bonds is 4. The van der Waals surface area contributed by atoms with Crippen molar-refractivity contribution in [3.63, 3.8) is 0 Å². The molecule has 2 aromatic rings. The Hall–Kier alpha value is -2.35. The Morgan fingerprint density at radius 2 is 2.35 bits per heavy atom. The molecule has 5 nitrogen and oxygen atoms in total. The maximum absolute atomic E-state index is 8.82. The highest BCUT2D eigenvalue weighted by atomic mass is 15.4. The molecule has 86 valence electrons. The molecule has 1 N–H and O–H groups in total. The van der Waals surface area contributed by atoms with Crippen LogP contribution in [0.15, 0.2) is 30.6 Å². The number of benzene rings is 1. The third-order valence-electron chi connectivity index (χ3n) is 2.49. The van der Waals surface area contributed by atoms with E-state index in [1.54, 1.807) is 10.9 Å². The van der Waals surface area contributed by atoms with Crippen molar-refractivity contribution in [3.05, 3.63) is 41.7 Å². The first-order chi connectivity index (χ1) is 8.29. The van der Waals surface area contributed by atoms with Crippen molar-refractivity contribution in [2.75, 3.05) is 11.9 Å². The fraction of sp³-hybridized carbons (Fsp3) is 0.250. The monoisotopic (exact) mass is 227 g/mol. The zero-order valence-electron chi connectivity index (χ0n) is 9.59. The van der Waals surface area contributed by atoms with Gasteiger partial charge in [0.15, 0.2) is 0 Å². The second-order valence-corrected chi connectivity index (χ2v) is 3.73. The summed E-state index contributed by atoms with van der Waals surface area (Å²) in [5.74, 6) is 0. The van der Waals surface area contributed by atoms with E-state index in [2.05, 4.69) is 21.7 Å². The number of nitrogens with one attached hydrogen (secondary N) is 1. The molecule has 0 aliphatic heterocycles. The smallest absolute Gasteiger partial charge is 0.0994 e. The lowest BCUT2D eigenvalue weighted by Gasteiger charge is -2.07. The molecule has 1 aromatic carbocycles. The van der Waals surface area contributed by atoms with Crippen LogP contribution in [0, 0.1) is 18.3 Å². The van der Waals surface area contributed by atoms with E-state index >= 15 is 0 Å². The van der Waals surface area contributed by atoms with Crippen molar-refractivity contribution in [1.29, 1.82) is 5.26 Å². The van der Waals surface area contributed by atoms with Crippen molar-refractivity contribution in [2.45, 2.75) is 13.5 Å². The highest BCUT2D eigenvalue weighted by Gasteiger charge is 1.98. The van der Waals surface area contributed by atoms with Gasteiger partial charge in [-0.1, -0.05) is 5.21 Å². The number of nitriles is 1. The van der Waals surface area contributed by atoms with E-state index in [1.807, 2.05) is 31.3 Å². The first kappa shape index (κ1) is 11.1. The van der Waals surface area contributed by atoms with Crippen LogP contribution < -0.4 is 5.32 Å². The number of hydrogen-bond acceptors (Lipinski definition) is 4. The van der Waals surface area contributed by atoms with Crippen LogP contribution in [-0.2, 0) is 6.54 Å². The van der Waals surface area contributed by atoms with Gasteiger partial charge in [0.2, 0.25) is 0 Å². The number of aromatic nitrogens is 3. The largest absolute Gasteiger partial charge is 0.383 e. The summed E-state index contributed by atoms with van der Waals surface area (Å²) in [4.78, 5) is 0. The van der Waals surface area contributed by atoms with Gasteiger partial charge in [0, 0.05) is 18.4 Å². The predicted molar refractivity (Wildman–Crippen MR) is 64.4 cm³/mol. The minimum absolute atomic E-state index is 0.715. The zero-order chi connectivity index (χ0) is 12.1. The quantitative estimate of drug-likeness (QED) is 0.861. The van der Waals surface area contributed by atoms with Gasteiger partial charge in [-0.3, -0.25) is 4.68 Å². The molecule has 0 spiro atoms. The Morgan fingerprint density at radius 3 is 3.00 bits per heavy atom. The standard InChI is InChI=1S/C12H13N5/c1-10-8-12(3-2-11(10)9-13)14-4-6-17-7-5-15-16-17/h2-3,5,7-8,14H,4,6H2,1H3. The van der Waals surface area contributed by atoms with E-state index in [1.165, 1.54) is 0 Å². The molecule has 0 saturated carbocycles. The molecule has 0 radical (unpaired) electrons. The second-order valence-electron chi connectivity index (χ2n) is 3.73. The van der Waals surface area contributed by atoms with E-state index in [4.69, 9.17) is 5.26 Å². The van der Waals surface area contributed by atoms with Crippen LogP contribution in [0.5, 0.6) is 0 Å². The average molecular weight is 227 g/mol. The molecular formula is C12H13N5. The van der Waals surface area contributed by atoms with Crippen molar-refractivity contribution in [3.8, 4) is 6.07 Å². The lowest BCUT2D eigenvalue weighted by molar-refractivity contribution is 0.609. The van der Waals surface area contributed by atoms with E-state index in [9.17, 15) is 0 Å². The summed E-state index contributed by atoms with van der Waals surface area (Å²) in [5, 5.41) is 19.7. The van der Waals surface area contributed by atoms with Gasteiger partial charge >= 0.3 is 0 Å². The Morgan fingerprint density at radius 1 is 1.47 bits per heavy atom. The summed E-state index contributed by atoms with van der Waals surface area (Å²) in [6.07, 6.45) is 3.48. The van der Waals surface area contributed by atoms with Crippen molar-refractivity contribution >= 4 is 5.69 Å². The molecule has 5 heteroatoms. The van der Waals surface area contributed by atoms with E-state index < -0.39 is 0 Å². The molecule has 0 aliphatic carbocycles. The van der Waals surface area contributed by atoms with Crippen LogP contribution in [0.25, 0.3) is 0 Å². The van der Waals surface area contributed by atoms with Crippen molar-refractivity contribution in [1.82, 2.24) is 15.0 Å². The Labute approximate surface area is 99.7 Å². The van der Waals surface area contributed by atoms with Crippen molar-refractivity contribution in [2.24, 2.45) is 0 Å². The third kappa shape index (κ3) is 2.82. The summed E-state index contributed by atoms with van der Waals surface area (Å²) in [6.45, 7) is 3.47. The van der Waals surface area contributed by atoms with Gasteiger partial charge in [-0.15, -0.1) is 5.10 Å². The minimum Gasteiger partial charge on any atom is -0.383 e.